The van der Waals surface area contributed by atoms with E-state index in [0.29, 0.717) is 12.5 Å². The Morgan fingerprint density at radius 2 is 1.85 bits per heavy atom. The van der Waals surface area contributed by atoms with Gasteiger partial charge in [0.05, 0.1) is 6.61 Å². The molecule has 3 heterocycles. The van der Waals surface area contributed by atoms with Crippen LogP contribution < -0.4 is 9.64 Å². The third-order valence-corrected chi connectivity index (χ3v) is 4.90. The zero-order chi connectivity index (χ0) is 18.5. The lowest BCUT2D eigenvalue weighted by Crippen LogP contribution is -2.47. The topological polar surface area (TPSA) is 54.6 Å². The molecule has 27 heavy (non-hydrogen) atoms. The molecule has 0 N–H and O–H groups in total. The monoisotopic (exact) mass is 366 g/mol. The molecule has 1 aliphatic heterocycles. The van der Waals surface area contributed by atoms with Gasteiger partial charge in [0.1, 0.15) is 11.3 Å². The van der Waals surface area contributed by atoms with E-state index in [2.05, 4.69) is 25.8 Å². The van der Waals surface area contributed by atoms with Crippen molar-refractivity contribution in [3.8, 4) is 5.88 Å². The predicted octanol–water partition coefficient (Wildman–Crippen LogP) is 3.38. The van der Waals surface area contributed by atoms with E-state index < -0.39 is 0 Å². The third kappa shape index (κ3) is 4.39. The number of piperazine rings is 1. The number of aryl methyl sites for hydroxylation is 1. The van der Waals surface area contributed by atoms with Gasteiger partial charge >= 0.3 is 0 Å². The molecule has 0 bridgehead atoms. The van der Waals surface area contributed by atoms with Crippen molar-refractivity contribution in [2.24, 2.45) is 0 Å². The average Bonchev–Trinajstić information content (AvgIpc) is 3.12. The van der Waals surface area contributed by atoms with Crippen LogP contribution in [0.1, 0.15) is 19.2 Å². The maximum absolute atomic E-state index is 5.81. The summed E-state index contributed by atoms with van der Waals surface area (Å²) in [5, 5.41) is 0. The van der Waals surface area contributed by atoms with Crippen molar-refractivity contribution in [2.75, 3.05) is 44.2 Å². The highest BCUT2D eigenvalue weighted by Crippen LogP contribution is 2.19. The molecular formula is C21H26N4O2. The molecule has 0 spiro atoms. The molecule has 3 aromatic rings. The number of ether oxygens (including phenoxy) is 1. The number of para-hydroxylation sites is 2. The molecule has 2 aromatic heterocycles. The van der Waals surface area contributed by atoms with Crippen molar-refractivity contribution in [1.82, 2.24) is 14.9 Å². The third-order valence-electron chi connectivity index (χ3n) is 4.90. The number of fused-ring (bicyclic) bond motifs is 1. The van der Waals surface area contributed by atoms with E-state index in [-0.39, 0.29) is 0 Å². The highest BCUT2D eigenvalue weighted by molar-refractivity contribution is 5.72. The van der Waals surface area contributed by atoms with Crippen LogP contribution >= 0.6 is 0 Å². The number of anilines is 1. The first-order valence-electron chi connectivity index (χ1n) is 9.73. The van der Waals surface area contributed by atoms with Gasteiger partial charge in [0.15, 0.2) is 11.5 Å². The Kier molecular flexibility index (Phi) is 5.53. The summed E-state index contributed by atoms with van der Waals surface area (Å²) in [6.07, 6.45) is 1.94. The Hall–Kier alpha value is -2.60. The van der Waals surface area contributed by atoms with Gasteiger partial charge in [0.2, 0.25) is 5.88 Å². The zero-order valence-electron chi connectivity index (χ0n) is 15.8. The summed E-state index contributed by atoms with van der Waals surface area (Å²) in [6.45, 7) is 7.77. The number of hydrogen-bond acceptors (Lipinski definition) is 6. The maximum Gasteiger partial charge on any atom is 0.215 e. The Morgan fingerprint density at radius 1 is 1.00 bits per heavy atom. The smallest absolute Gasteiger partial charge is 0.215 e. The molecule has 0 aliphatic carbocycles. The molecule has 4 rings (SSSR count). The Labute approximate surface area is 159 Å². The van der Waals surface area contributed by atoms with Crippen molar-refractivity contribution in [3.63, 3.8) is 0 Å². The van der Waals surface area contributed by atoms with Crippen LogP contribution in [0, 0.1) is 0 Å². The van der Waals surface area contributed by atoms with Crippen LogP contribution in [-0.2, 0) is 6.42 Å². The molecular weight excluding hydrogens is 340 g/mol. The number of rotatable bonds is 7. The average molecular weight is 366 g/mol. The summed E-state index contributed by atoms with van der Waals surface area (Å²) in [6, 6.07) is 13.9. The second-order valence-corrected chi connectivity index (χ2v) is 6.77. The minimum Gasteiger partial charge on any atom is -0.478 e. The van der Waals surface area contributed by atoms with Gasteiger partial charge in [0, 0.05) is 38.7 Å². The van der Waals surface area contributed by atoms with Gasteiger partial charge in [-0.1, -0.05) is 18.2 Å². The van der Waals surface area contributed by atoms with Crippen molar-refractivity contribution in [2.45, 2.75) is 19.8 Å². The van der Waals surface area contributed by atoms with E-state index in [9.17, 15) is 0 Å². The van der Waals surface area contributed by atoms with Gasteiger partial charge in [0.25, 0.3) is 0 Å². The largest absolute Gasteiger partial charge is 0.478 e. The number of pyridine rings is 1. The van der Waals surface area contributed by atoms with Gasteiger partial charge in [-0.25, -0.2) is 4.98 Å². The van der Waals surface area contributed by atoms with Crippen LogP contribution in [0.25, 0.3) is 11.1 Å². The standard InChI is InChI=1S/C21H26N4O2/c1-2-26-20-10-5-9-19(23-20)25-15-13-24(14-16-25)12-6-11-21-22-17-7-3-4-8-18(17)27-21/h3-5,7-10H,2,6,11-16H2,1H3. The Bertz CT molecular complexity index is 838. The second-order valence-electron chi connectivity index (χ2n) is 6.77. The van der Waals surface area contributed by atoms with E-state index in [1.165, 1.54) is 0 Å². The minimum absolute atomic E-state index is 0.643. The van der Waals surface area contributed by atoms with E-state index in [4.69, 9.17) is 9.15 Å². The molecule has 142 valence electrons. The molecule has 0 saturated carbocycles. The van der Waals surface area contributed by atoms with Crippen LogP contribution in [0.4, 0.5) is 5.82 Å². The molecule has 0 radical (unpaired) electrons. The minimum atomic E-state index is 0.643. The second kappa shape index (κ2) is 8.39. The lowest BCUT2D eigenvalue weighted by atomic mass is 10.2. The van der Waals surface area contributed by atoms with E-state index in [0.717, 1.165) is 68.4 Å². The first kappa shape index (κ1) is 17.8. The summed E-state index contributed by atoms with van der Waals surface area (Å²) >= 11 is 0. The predicted molar refractivity (Wildman–Crippen MR) is 106 cm³/mol. The lowest BCUT2D eigenvalue weighted by molar-refractivity contribution is 0.252. The fourth-order valence-electron chi connectivity index (χ4n) is 3.49. The fraction of sp³-hybridized carbons (Fsp3) is 0.429. The van der Waals surface area contributed by atoms with Crippen LogP contribution in [-0.4, -0.2) is 54.2 Å². The molecule has 6 heteroatoms. The van der Waals surface area contributed by atoms with Crippen molar-refractivity contribution >= 4 is 16.9 Å². The number of hydrogen-bond donors (Lipinski definition) is 0. The van der Waals surface area contributed by atoms with Crippen LogP contribution in [0.5, 0.6) is 5.88 Å². The van der Waals surface area contributed by atoms with Gasteiger partial charge < -0.3 is 14.1 Å². The molecule has 1 aliphatic rings. The Balaban J connectivity index is 1.24. The van der Waals surface area contributed by atoms with E-state index in [1.54, 1.807) is 0 Å². The summed E-state index contributed by atoms with van der Waals surface area (Å²) in [7, 11) is 0. The molecule has 1 aromatic carbocycles. The summed E-state index contributed by atoms with van der Waals surface area (Å²) < 4.78 is 11.3. The van der Waals surface area contributed by atoms with Crippen molar-refractivity contribution < 1.29 is 9.15 Å². The molecule has 0 amide bonds. The highest BCUT2D eigenvalue weighted by Gasteiger charge is 2.18. The normalized spacial score (nSPS) is 15.4. The highest BCUT2D eigenvalue weighted by atomic mass is 16.5. The molecule has 0 unspecified atom stereocenters. The van der Waals surface area contributed by atoms with Gasteiger partial charge in [-0.15, -0.1) is 0 Å². The molecule has 1 saturated heterocycles. The SMILES string of the molecule is CCOc1cccc(N2CCN(CCCc3nc4ccccc4o3)CC2)n1. The van der Waals surface area contributed by atoms with Crippen LogP contribution in [0.2, 0.25) is 0 Å². The number of benzene rings is 1. The molecule has 1 fully saturated rings. The zero-order valence-corrected chi connectivity index (χ0v) is 15.8. The van der Waals surface area contributed by atoms with Gasteiger partial charge in [-0.05, 0) is 38.1 Å². The number of nitrogens with zero attached hydrogens (tertiary/aromatic N) is 4. The maximum atomic E-state index is 5.81. The first-order chi connectivity index (χ1) is 13.3. The molecule has 0 atom stereocenters. The molecule has 6 nitrogen and oxygen atoms in total. The lowest BCUT2D eigenvalue weighted by Gasteiger charge is -2.35. The fourth-order valence-corrected chi connectivity index (χ4v) is 3.49. The van der Waals surface area contributed by atoms with E-state index in [1.807, 2.05) is 43.3 Å². The number of aromatic nitrogens is 2. The van der Waals surface area contributed by atoms with Crippen LogP contribution in [0.3, 0.4) is 0 Å². The van der Waals surface area contributed by atoms with Crippen molar-refractivity contribution in [1.29, 1.82) is 0 Å². The van der Waals surface area contributed by atoms with Crippen LogP contribution in [0.15, 0.2) is 46.9 Å². The van der Waals surface area contributed by atoms with Crippen molar-refractivity contribution in [3.05, 3.63) is 48.4 Å². The number of oxazole rings is 1. The van der Waals surface area contributed by atoms with Gasteiger partial charge in [-0.3, -0.25) is 4.90 Å². The first-order valence-corrected chi connectivity index (χ1v) is 9.73. The quantitative estimate of drug-likeness (QED) is 0.639. The Morgan fingerprint density at radius 3 is 2.67 bits per heavy atom. The van der Waals surface area contributed by atoms with E-state index >= 15 is 0 Å². The summed E-state index contributed by atoms with van der Waals surface area (Å²) in [5.41, 5.74) is 1.82. The van der Waals surface area contributed by atoms with Gasteiger partial charge in [-0.2, -0.15) is 4.98 Å². The summed E-state index contributed by atoms with van der Waals surface area (Å²) in [4.78, 5) is 14.0. The summed E-state index contributed by atoms with van der Waals surface area (Å²) in [5.74, 6) is 2.55.